The second kappa shape index (κ2) is 3.64. The van der Waals surface area contributed by atoms with Crippen LogP contribution in [0.2, 0.25) is 0 Å². The largest absolute Gasteiger partial charge is 0.423 e. The van der Waals surface area contributed by atoms with E-state index in [0.717, 1.165) is 0 Å². The second-order valence-corrected chi connectivity index (χ2v) is 3.43. The number of rotatable bonds is 3. The SMILES string of the molecule is C=S(C)OCc1nnc(C)o1. The van der Waals surface area contributed by atoms with Crippen LogP contribution in [0.15, 0.2) is 4.42 Å². The van der Waals surface area contributed by atoms with E-state index in [2.05, 4.69) is 16.1 Å². The van der Waals surface area contributed by atoms with Crippen LogP contribution in [0.3, 0.4) is 0 Å². The summed E-state index contributed by atoms with van der Waals surface area (Å²) in [5.41, 5.74) is 0. The second-order valence-electron chi connectivity index (χ2n) is 2.05. The highest BCUT2D eigenvalue weighted by molar-refractivity contribution is 8.09. The van der Waals surface area contributed by atoms with Crippen molar-refractivity contribution in [2.45, 2.75) is 13.5 Å². The minimum atomic E-state index is -0.285. The number of aromatic nitrogens is 2. The van der Waals surface area contributed by atoms with Gasteiger partial charge < -0.3 is 8.60 Å². The zero-order valence-corrected chi connectivity index (χ0v) is 7.35. The van der Waals surface area contributed by atoms with Crippen molar-refractivity contribution in [3.8, 4) is 0 Å². The molecule has 0 aliphatic carbocycles. The molecular weight excluding hydrogens is 164 g/mol. The topological polar surface area (TPSA) is 48.2 Å². The van der Waals surface area contributed by atoms with Crippen molar-refractivity contribution in [2.75, 3.05) is 6.26 Å². The fourth-order valence-electron chi connectivity index (χ4n) is 0.547. The third kappa shape index (κ3) is 2.81. The van der Waals surface area contributed by atoms with Gasteiger partial charge in [0, 0.05) is 13.2 Å². The van der Waals surface area contributed by atoms with Crippen LogP contribution >= 0.6 is 10.8 Å². The quantitative estimate of drug-likeness (QED) is 0.645. The lowest BCUT2D eigenvalue weighted by Crippen LogP contribution is -1.86. The van der Waals surface area contributed by atoms with E-state index in [4.69, 9.17) is 8.60 Å². The van der Waals surface area contributed by atoms with Crippen molar-refractivity contribution in [3.63, 3.8) is 0 Å². The van der Waals surface area contributed by atoms with Crippen LogP contribution in [-0.4, -0.2) is 22.3 Å². The fourth-order valence-corrected chi connectivity index (χ4v) is 0.849. The first-order valence-corrected chi connectivity index (χ1v) is 4.79. The van der Waals surface area contributed by atoms with E-state index in [1.165, 1.54) is 0 Å². The highest BCUT2D eigenvalue weighted by Gasteiger charge is 2.00. The van der Waals surface area contributed by atoms with Crippen molar-refractivity contribution in [1.82, 2.24) is 10.2 Å². The van der Waals surface area contributed by atoms with E-state index in [-0.39, 0.29) is 10.8 Å². The Morgan fingerprint density at radius 2 is 2.36 bits per heavy atom. The molecule has 0 bridgehead atoms. The van der Waals surface area contributed by atoms with Gasteiger partial charge in [-0.15, -0.1) is 10.2 Å². The zero-order valence-electron chi connectivity index (χ0n) is 6.53. The molecule has 0 aliphatic heterocycles. The standard InChI is InChI=1S/C6H10N2O2S/c1-5-7-8-6(10-5)4-9-11(2)3/h2,4H2,1,3H3. The predicted octanol–water partition coefficient (Wildman–Crippen LogP) is 1.14. The summed E-state index contributed by atoms with van der Waals surface area (Å²) < 4.78 is 10.2. The summed E-state index contributed by atoms with van der Waals surface area (Å²) in [4.78, 5) is 0. The summed E-state index contributed by atoms with van der Waals surface area (Å²) in [5, 5.41) is 7.40. The monoisotopic (exact) mass is 174 g/mol. The highest BCUT2D eigenvalue weighted by Crippen LogP contribution is 2.09. The zero-order chi connectivity index (χ0) is 8.27. The van der Waals surface area contributed by atoms with Crippen molar-refractivity contribution in [3.05, 3.63) is 11.8 Å². The average molecular weight is 174 g/mol. The summed E-state index contributed by atoms with van der Waals surface area (Å²) in [5.74, 6) is 4.74. The summed E-state index contributed by atoms with van der Waals surface area (Å²) in [6, 6.07) is 0. The summed E-state index contributed by atoms with van der Waals surface area (Å²) in [6.45, 7) is 2.09. The molecular formula is C6H10N2O2S. The van der Waals surface area contributed by atoms with E-state index in [0.29, 0.717) is 18.4 Å². The molecule has 62 valence electrons. The summed E-state index contributed by atoms with van der Waals surface area (Å²) in [7, 11) is -0.285. The Kier molecular flexibility index (Phi) is 2.78. The fraction of sp³-hybridized carbons (Fsp3) is 0.500. The van der Waals surface area contributed by atoms with E-state index in [1.54, 1.807) is 6.92 Å². The van der Waals surface area contributed by atoms with Crippen LogP contribution < -0.4 is 0 Å². The minimum Gasteiger partial charge on any atom is -0.423 e. The van der Waals surface area contributed by atoms with Gasteiger partial charge in [0.25, 0.3) is 0 Å². The van der Waals surface area contributed by atoms with E-state index >= 15 is 0 Å². The lowest BCUT2D eigenvalue weighted by Gasteiger charge is -1.96. The molecule has 0 fully saturated rings. The molecule has 0 spiro atoms. The van der Waals surface area contributed by atoms with Crippen LogP contribution in [0.4, 0.5) is 0 Å². The van der Waals surface area contributed by atoms with Gasteiger partial charge in [0.1, 0.15) is 6.61 Å². The highest BCUT2D eigenvalue weighted by atomic mass is 32.2. The van der Waals surface area contributed by atoms with Crippen molar-refractivity contribution < 1.29 is 8.60 Å². The molecule has 4 nitrogen and oxygen atoms in total. The smallest absolute Gasteiger partial charge is 0.243 e. The summed E-state index contributed by atoms with van der Waals surface area (Å²) >= 11 is 0. The third-order valence-electron chi connectivity index (χ3n) is 0.951. The Hall–Kier alpha value is -0.680. The Morgan fingerprint density at radius 3 is 2.82 bits per heavy atom. The summed E-state index contributed by atoms with van der Waals surface area (Å²) in [6.07, 6.45) is 1.88. The molecule has 0 N–H and O–H groups in total. The van der Waals surface area contributed by atoms with Gasteiger partial charge in [-0.05, 0) is 0 Å². The number of hydrogen-bond donors (Lipinski definition) is 0. The number of hydrogen-bond acceptors (Lipinski definition) is 4. The van der Waals surface area contributed by atoms with Gasteiger partial charge >= 0.3 is 0 Å². The van der Waals surface area contributed by atoms with Crippen LogP contribution in [0.5, 0.6) is 0 Å². The first-order valence-electron chi connectivity index (χ1n) is 3.06. The Balaban J connectivity index is 2.45. The van der Waals surface area contributed by atoms with Crippen LogP contribution in [0.25, 0.3) is 0 Å². The number of aryl methyl sites for hydroxylation is 1. The molecule has 11 heavy (non-hydrogen) atoms. The lowest BCUT2D eigenvalue weighted by atomic mass is 10.7. The average Bonchev–Trinajstić information content (AvgIpc) is 2.31. The first-order chi connectivity index (χ1) is 5.18. The van der Waals surface area contributed by atoms with Gasteiger partial charge in [-0.3, -0.25) is 0 Å². The van der Waals surface area contributed by atoms with Gasteiger partial charge in [0.05, 0.1) is 0 Å². The maximum Gasteiger partial charge on any atom is 0.243 e. The maximum absolute atomic E-state index is 5.16. The van der Waals surface area contributed by atoms with Crippen molar-refractivity contribution in [2.24, 2.45) is 0 Å². The third-order valence-corrected chi connectivity index (χ3v) is 1.47. The Morgan fingerprint density at radius 1 is 1.64 bits per heavy atom. The van der Waals surface area contributed by atoms with Gasteiger partial charge in [-0.25, -0.2) is 0 Å². The van der Waals surface area contributed by atoms with Crippen LogP contribution in [0, 0.1) is 6.92 Å². The Bertz CT molecular complexity index is 259. The van der Waals surface area contributed by atoms with Crippen LogP contribution in [-0.2, 0) is 10.8 Å². The molecule has 1 atom stereocenters. The molecule has 1 heterocycles. The molecule has 0 amide bonds. The molecule has 0 saturated heterocycles. The van der Waals surface area contributed by atoms with Crippen LogP contribution in [0.1, 0.15) is 11.8 Å². The molecule has 0 aromatic carbocycles. The van der Waals surface area contributed by atoms with Crippen molar-refractivity contribution >= 4 is 16.6 Å². The van der Waals surface area contributed by atoms with E-state index in [1.807, 2.05) is 6.26 Å². The molecule has 1 aromatic heterocycles. The molecule has 5 heteroatoms. The Labute approximate surface area is 67.7 Å². The van der Waals surface area contributed by atoms with Gasteiger partial charge in [0.2, 0.25) is 11.8 Å². The first kappa shape index (κ1) is 8.42. The maximum atomic E-state index is 5.16. The molecule has 0 saturated carbocycles. The molecule has 1 aromatic rings. The normalized spacial score (nSPS) is 13.3. The molecule has 1 rings (SSSR count). The van der Waals surface area contributed by atoms with Gasteiger partial charge in [0.15, 0.2) is 0 Å². The lowest BCUT2D eigenvalue weighted by molar-refractivity contribution is 0.301. The molecule has 1 unspecified atom stereocenters. The van der Waals surface area contributed by atoms with Crippen molar-refractivity contribution in [1.29, 1.82) is 0 Å². The van der Waals surface area contributed by atoms with Gasteiger partial charge in [-0.1, -0.05) is 16.6 Å². The molecule has 0 aliphatic rings. The minimum absolute atomic E-state index is 0.285. The predicted molar refractivity (Wildman–Crippen MR) is 44.5 cm³/mol. The van der Waals surface area contributed by atoms with Gasteiger partial charge in [-0.2, -0.15) is 0 Å². The number of nitrogens with zero attached hydrogens (tertiary/aromatic N) is 2. The van der Waals surface area contributed by atoms with E-state index in [9.17, 15) is 0 Å². The van der Waals surface area contributed by atoms with E-state index < -0.39 is 0 Å². The molecule has 0 radical (unpaired) electrons.